The Labute approximate surface area is 428 Å². The fraction of sp³-hybridized carbons (Fsp3) is 0.508. The van der Waals surface area contributed by atoms with Gasteiger partial charge in [-0.15, -0.1) is 0 Å². The largest absolute Gasteiger partial charge is 0.507 e. The van der Waals surface area contributed by atoms with Gasteiger partial charge in [-0.1, -0.05) is 146 Å². The van der Waals surface area contributed by atoms with Gasteiger partial charge in [-0.2, -0.15) is 0 Å². The van der Waals surface area contributed by atoms with Crippen molar-refractivity contribution in [2.45, 2.75) is 209 Å². The summed E-state index contributed by atoms with van der Waals surface area (Å²) in [5.74, 6) is 3.55. The molecule has 5 aromatic rings. The van der Waals surface area contributed by atoms with Crippen LogP contribution in [0.2, 0.25) is 0 Å². The maximum Gasteiger partial charge on any atom is 0.134 e. The second kappa shape index (κ2) is 20.9. The Morgan fingerprint density at radius 2 is 0.704 bits per heavy atom. The maximum atomic E-state index is 15.1. The van der Waals surface area contributed by atoms with Crippen LogP contribution in [0.15, 0.2) is 78.9 Å². The molecular weight excluding hydrogens is 900 g/mol. The van der Waals surface area contributed by atoms with Gasteiger partial charge in [0.15, 0.2) is 0 Å². The highest BCUT2D eigenvalue weighted by Crippen LogP contribution is 2.70. The van der Waals surface area contributed by atoms with Crippen molar-refractivity contribution in [2.24, 2.45) is 0 Å². The second-order valence-electron chi connectivity index (χ2n) is 24.9. The van der Waals surface area contributed by atoms with Crippen LogP contribution < -0.4 is 24.3 Å². The molecule has 1 heterocycles. The van der Waals surface area contributed by atoms with E-state index in [1.165, 1.54) is 0 Å². The summed E-state index contributed by atoms with van der Waals surface area (Å²) in [5, 5.41) is 25.6. The van der Waals surface area contributed by atoms with Crippen LogP contribution in [0.5, 0.6) is 34.5 Å². The number of carbonyl (C=O) groups excluding carboxylic acids is 1. The standard InChI is InChI=1S/C63H85O7P/c1-36(2)67-49-26-22-27-50(68-37(3)4)55(49)43-24-21-25-44(56-51(69-38(5)6)28-23-29-52(56)70-39(7)8)59(43)71-53(40-30-45(60(9,10)11)57(65)46(31-40)61(12,13)14)34-42(64)35-54(71)41-32-47(62(15,16)17)58(66)48(33-41)63(18,19)20/h21-33,36-39,53-54,65-66H,34-35H2,1-20H3. The fourth-order valence-corrected chi connectivity index (χ4v) is 13.7. The molecule has 1 aliphatic rings. The molecule has 384 valence electrons. The van der Waals surface area contributed by atoms with E-state index in [2.05, 4.69) is 126 Å². The van der Waals surface area contributed by atoms with Gasteiger partial charge in [-0.05, 0) is 151 Å². The third-order valence-corrected chi connectivity index (χ3v) is 16.3. The molecule has 0 aromatic heterocycles. The van der Waals surface area contributed by atoms with Crippen molar-refractivity contribution in [3.05, 3.63) is 112 Å². The number of rotatable bonds is 13. The highest BCUT2D eigenvalue weighted by Gasteiger charge is 2.45. The average molecular weight is 985 g/mol. The van der Waals surface area contributed by atoms with Gasteiger partial charge in [0.05, 0.1) is 35.5 Å². The lowest BCUT2D eigenvalue weighted by molar-refractivity contribution is -0.119. The van der Waals surface area contributed by atoms with E-state index in [4.69, 9.17) is 18.9 Å². The predicted molar refractivity (Wildman–Crippen MR) is 298 cm³/mol. The van der Waals surface area contributed by atoms with E-state index in [0.29, 0.717) is 47.3 Å². The molecule has 1 aliphatic heterocycles. The van der Waals surface area contributed by atoms with Crippen LogP contribution in [0, 0.1) is 0 Å². The lowest BCUT2D eigenvalue weighted by Crippen LogP contribution is -2.28. The summed E-state index contributed by atoms with van der Waals surface area (Å²) < 4.78 is 27.2. The van der Waals surface area contributed by atoms with Crippen molar-refractivity contribution >= 4 is 19.0 Å². The molecule has 1 saturated heterocycles. The second-order valence-corrected chi connectivity index (χ2v) is 27.5. The monoisotopic (exact) mass is 985 g/mol. The molecule has 0 aliphatic carbocycles. The smallest absolute Gasteiger partial charge is 0.134 e. The number of ketones is 1. The predicted octanol–water partition coefficient (Wildman–Crippen LogP) is 16.7. The molecule has 0 bridgehead atoms. The minimum Gasteiger partial charge on any atom is -0.507 e. The summed E-state index contributed by atoms with van der Waals surface area (Å²) in [6.07, 6.45) is 0.00339. The Kier molecular flexibility index (Phi) is 16.2. The van der Waals surface area contributed by atoms with E-state index >= 15 is 4.79 Å². The van der Waals surface area contributed by atoms with Crippen LogP contribution in [0.4, 0.5) is 0 Å². The molecule has 0 amide bonds. The van der Waals surface area contributed by atoms with E-state index in [9.17, 15) is 10.2 Å². The lowest BCUT2D eigenvalue weighted by Gasteiger charge is -2.43. The van der Waals surface area contributed by atoms with Crippen LogP contribution in [0.3, 0.4) is 0 Å². The zero-order chi connectivity index (χ0) is 52.9. The number of phenolic OH excluding ortho intramolecular Hbond substituents is 2. The van der Waals surface area contributed by atoms with Crippen LogP contribution in [0.1, 0.15) is 196 Å². The molecule has 0 radical (unpaired) electrons. The molecule has 5 aromatic carbocycles. The van der Waals surface area contributed by atoms with E-state index in [0.717, 1.165) is 60.9 Å². The Hall–Kier alpha value is -5.00. The van der Waals surface area contributed by atoms with Gasteiger partial charge in [0, 0.05) is 24.2 Å². The number of carbonyl (C=O) groups is 1. The highest BCUT2D eigenvalue weighted by atomic mass is 31.1. The maximum absolute atomic E-state index is 15.1. The number of ether oxygens (including phenoxy) is 4. The molecule has 0 spiro atoms. The average Bonchev–Trinajstić information content (AvgIpc) is 3.21. The van der Waals surface area contributed by atoms with E-state index in [1.807, 2.05) is 91.8 Å². The third-order valence-electron chi connectivity index (χ3n) is 13.0. The number of aromatic hydroxyl groups is 2. The quantitative estimate of drug-likeness (QED) is 0.114. The van der Waals surface area contributed by atoms with Crippen LogP contribution in [0.25, 0.3) is 22.3 Å². The first-order valence-electron chi connectivity index (χ1n) is 25.9. The van der Waals surface area contributed by atoms with Crippen molar-refractivity contribution < 1.29 is 34.0 Å². The summed E-state index contributed by atoms with van der Waals surface area (Å²) in [6.45, 7) is 42.1. The molecule has 6 rings (SSSR count). The molecule has 0 saturated carbocycles. The Balaban J connectivity index is 1.95. The van der Waals surface area contributed by atoms with E-state index in [-0.39, 0.29) is 41.5 Å². The number of hydrogen-bond donors (Lipinski definition) is 2. The van der Waals surface area contributed by atoms with Crippen molar-refractivity contribution in [1.29, 1.82) is 0 Å². The molecule has 71 heavy (non-hydrogen) atoms. The minimum absolute atomic E-state index is 0.147. The third kappa shape index (κ3) is 12.3. The minimum atomic E-state index is -1.51. The summed E-state index contributed by atoms with van der Waals surface area (Å²) in [7, 11) is -1.51. The first-order chi connectivity index (χ1) is 32.8. The van der Waals surface area contributed by atoms with Crippen LogP contribution in [-0.4, -0.2) is 40.4 Å². The van der Waals surface area contributed by atoms with Gasteiger partial charge in [-0.3, -0.25) is 4.79 Å². The van der Waals surface area contributed by atoms with Gasteiger partial charge in [0.1, 0.15) is 40.3 Å². The summed E-state index contributed by atoms with van der Waals surface area (Å²) in [6, 6.07) is 27.4. The SMILES string of the molecule is CC(C)Oc1cccc(OC(C)C)c1-c1cccc(-c2c(OC(C)C)cccc2OC(C)C)c1P1C(c2cc(C(C)(C)C)c(O)c(C(C)(C)C)c2)CC(=O)CC1c1cc(C(C)(C)C)c(O)c(C(C)(C)C)c1. The van der Waals surface area contributed by atoms with Crippen molar-refractivity contribution in [3.63, 3.8) is 0 Å². The van der Waals surface area contributed by atoms with Gasteiger partial charge in [0.2, 0.25) is 0 Å². The Morgan fingerprint density at radius 1 is 0.451 bits per heavy atom. The molecular formula is C63H85O7P. The van der Waals surface area contributed by atoms with Gasteiger partial charge in [-0.25, -0.2) is 0 Å². The van der Waals surface area contributed by atoms with Crippen molar-refractivity contribution in [3.8, 4) is 56.8 Å². The molecule has 2 unspecified atom stereocenters. The normalized spacial score (nSPS) is 17.1. The topological polar surface area (TPSA) is 94.5 Å². The zero-order valence-electron chi connectivity index (χ0n) is 46.8. The van der Waals surface area contributed by atoms with Crippen molar-refractivity contribution in [1.82, 2.24) is 0 Å². The Bertz CT molecular complexity index is 2410. The number of hydrogen-bond acceptors (Lipinski definition) is 7. The Morgan fingerprint density at radius 3 is 0.944 bits per heavy atom. The number of benzene rings is 5. The van der Waals surface area contributed by atoms with E-state index < -0.39 is 29.6 Å². The molecule has 2 atom stereocenters. The van der Waals surface area contributed by atoms with Crippen molar-refractivity contribution in [2.75, 3.05) is 0 Å². The summed E-state index contributed by atoms with van der Waals surface area (Å²) >= 11 is 0. The fourth-order valence-electron chi connectivity index (χ4n) is 9.97. The lowest BCUT2D eigenvalue weighted by atomic mass is 9.77. The summed E-state index contributed by atoms with van der Waals surface area (Å²) in [4.78, 5) is 15.1. The number of phenols is 2. The van der Waals surface area contributed by atoms with Gasteiger partial charge >= 0.3 is 0 Å². The van der Waals surface area contributed by atoms with Crippen LogP contribution in [-0.2, 0) is 26.5 Å². The molecule has 1 fully saturated rings. The van der Waals surface area contributed by atoms with Gasteiger partial charge in [0.25, 0.3) is 0 Å². The first kappa shape index (κ1) is 55.3. The molecule has 7 nitrogen and oxygen atoms in total. The zero-order valence-corrected chi connectivity index (χ0v) is 47.7. The molecule has 2 N–H and O–H groups in total. The summed E-state index contributed by atoms with van der Waals surface area (Å²) in [5.41, 5.74) is 6.64. The van der Waals surface area contributed by atoms with Crippen LogP contribution >= 0.6 is 7.92 Å². The van der Waals surface area contributed by atoms with E-state index in [1.54, 1.807) is 0 Å². The highest BCUT2D eigenvalue weighted by molar-refractivity contribution is 7.67. The first-order valence-corrected chi connectivity index (χ1v) is 27.4. The molecule has 8 heteroatoms. The van der Waals surface area contributed by atoms with Gasteiger partial charge < -0.3 is 29.2 Å². The number of Topliss-reactive ketones (excluding diaryl/α,β-unsaturated/α-hetero) is 1.